The van der Waals surface area contributed by atoms with Crippen molar-refractivity contribution in [2.45, 2.75) is 37.5 Å². The normalized spacial score (nSPS) is 20.3. The number of carbonyl (C=O) groups is 2. The van der Waals surface area contributed by atoms with Gasteiger partial charge in [0.05, 0.1) is 10.8 Å². The van der Waals surface area contributed by atoms with Crippen molar-refractivity contribution in [1.29, 1.82) is 0 Å². The Labute approximate surface area is 160 Å². The molecule has 2 N–H and O–H groups in total. The van der Waals surface area contributed by atoms with Crippen molar-refractivity contribution in [2.24, 2.45) is 11.8 Å². The molecule has 1 aliphatic heterocycles. The monoisotopic (exact) mass is 393 g/mol. The maximum Gasteiger partial charge on any atom is 0.253 e. The lowest BCUT2D eigenvalue weighted by atomic mass is 9.96. The number of benzene rings is 1. The molecule has 1 atom stereocenters. The number of piperidine rings is 1. The van der Waals surface area contributed by atoms with Crippen molar-refractivity contribution < 1.29 is 18.0 Å². The fourth-order valence-electron chi connectivity index (χ4n) is 3.31. The van der Waals surface area contributed by atoms with Gasteiger partial charge in [0.25, 0.3) is 5.91 Å². The molecule has 148 valence electrons. The van der Waals surface area contributed by atoms with Gasteiger partial charge < -0.3 is 10.2 Å². The van der Waals surface area contributed by atoms with Crippen LogP contribution in [0.5, 0.6) is 0 Å². The highest BCUT2D eigenvalue weighted by Gasteiger charge is 2.29. The van der Waals surface area contributed by atoms with E-state index in [1.807, 2.05) is 6.92 Å². The van der Waals surface area contributed by atoms with Gasteiger partial charge in [-0.25, -0.2) is 13.1 Å². The van der Waals surface area contributed by atoms with Gasteiger partial charge in [-0.1, -0.05) is 6.07 Å². The Kier molecular flexibility index (Phi) is 6.16. The van der Waals surface area contributed by atoms with Crippen LogP contribution >= 0.6 is 0 Å². The summed E-state index contributed by atoms with van der Waals surface area (Å²) >= 11 is 0. The molecule has 0 aromatic heterocycles. The number of amides is 2. The summed E-state index contributed by atoms with van der Waals surface area (Å²) in [6.45, 7) is 3.82. The number of likely N-dealkylation sites (tertiary alicyclic amines) is 1. The van der Waals surface area contributed by atoms with E-state index in [-0.39, 0.29) is 22.6 Å². The minimum absolute atomic E-state index is 0.0318. The third-order valence-electron chi connectivity index (χ3n) is 5.08. The summed E-state index contributed by atoms with van der Waals surface area (Å²) in [5, 5.41) is 2.81. The number of hydrogen-bond acceptors (Lipinski definition) is 4. The minimum atomic E-state index is -3.62. The molecule has 8 heteroatoms. The Balaban J connectivity index is 1.70. The summed E-state index contributed by atoms with van der Waals surface area (Å²) in [6.07, 6.45) is 3.63. The first-order chi connectivity index (χ1) is 12.9. The van der Waals surface area contributed by atoms with E-state index >= 15 is 0 Å². The van der Waals surface area contributed by atoms with E-state index in [9.17, 15) is 18.0 Å². The summed E-state index contributed by atoms with van der Waals surface area (Å²) in [6, 6.07) is 6.13. The van der Waals surface area contributed by atoms with Gasteiger partial charge in [0.15, 0.2) is 0 Å². The Morgan fingerprint density at radius 2 is 2.00 bits per heavy atom. The van der Waals surface area contributed by atoms with Crippen LogP contribution in [0.2, 0.25) is 0 Å². The highest BCUT2D eigenvalue weighted by Crippen LogP contribution is 2.28. The molecule has 1 aromatic rings. The second-order valence-electron chi connectivity index (χ2n) is 7.31. The zero-order chi connectivity index (χ0) is 19.4. The van der Waals surface area contributed by atoms with Crippen LogP contribution in [0.25, 0.3) is 0 Å². The van der Waals surface area contributed by atoms with E-state index < -0.39 is 10.0 Å². The molecular formula is C19H27N3O4S. The molecule has 27 heavy (non-hydrogen) atoms. The zero-order valence-corrected chi connectivity index (χ0v) is 16.4. The first-order valence-electron chi connectivity index (χ1n) is 9.57. The van der Waals surface area contributed by atoms with E-state index in [1.54, 1.807) is 17.0 Å². The van der Waals surface area contributed by atoms with Crippen LogP contribution < -0.4 is 10.0 Å². The van der Waals surface area contributed by atoms with Gasteiger partial charge in [-0.05, 0) is 56.7 Å². The molecule has 2 aliphatic rings. The number of sulfonamides is 1. The highest BCUT2D eigenvalue weighted by atomic mass is 32.2. The molecule has 1 unspecified atom stereocenters. The highest BCUT2D eigenvalue weighted by molar-refractivity contribution is 7.89. The van der Waals surface area contributed by atoms with Crippen molar-refractivity contribution in [3.8, 4) is 0 Å². The number of rotatable bonds is 7. The van der Waals surface area contributed by atoms with E-state index in [2.05, 4.69) is 10.0 Å². The van der Waals surface area contributed by atoms with E-state index in [0.29, 0.717) is 37.7 Å². The summed E-state index contributed by atoms with van der Waals surface area (Å²) in [5.41, 5.74) is 0.334. The van der Waals surface area contributed by atoms with Crippen molar-refractivity contribution in [2.75, 3.05) is 26.2 Å². The van der Waals surface area contributed by atoms with Gasteiger partial charge in [-0.2, -0.15) is 0 Å². The van der Waals surface area contributed by atoms with E-state index in [4.69, 9.17) is 0 Å². The molecule has 1 saturated heterocycles. The lowest BCUT2D eigenvalue weighted by molar-refractivity contribution is -0.126. The number of nitrogens with zero attached hydrogens (tertiary/aromatic N) is 1. The fourth-order valence-corrected chi connectivity index (χ4v) is 4.47. The average Bonchev–Trinajstić information content (AvgIpc) is 3.51. The van der Waals surface area contributed by atoms with Crippen molar-refractivity contribution in [3.63, 3.8) is 0 Å². The Hall–Kier alpha value is -1.93. The maximum absolute atomic E-state index is 12.9. The molecule has 1 heterocycles. The molecule has 1 aromatic carbocycles. The molecule has 0 bridgehead atoms. The van der Waals surface area contributed by atoms with Gasteiger partial charge >= 0.3 is 0 Å². The third kappa shape index (κ3) is 5.07. The molecule has 0 radical (unpaired) electrons. The number of carbonyl (C=O) groups excluding carboxylic acids is 2. The first kappa shape index (κ1) is 19.8. The largest absolute Gasteiger partial charge is 0.356 e. The molecule has 3 rings (SSSR count). The Morgan fingerprint density at radius 1 is 1.22 bits per heavy atom. The summed E-state index contributed by atoms with van der Waals surface area (Å²) in [4.78, 5) is 26.7. The van der Waals surface area contributed by atoms with Crippen LogP contribution in [0.1, 0.15) is 43.0 Å². The predicted molar refractivity (Wildman–Crippen MR) is 102 cm³/mol. The molecule has 1 saturated carbocycles. The second kappa shape index (κ2) is 8.39. The van der Waals surface area contributed by atoms with Crippen molar-refractivity contribution in [3.05, 3.63) is 29.8 Å². The molecule has 2 fully saturated rings. The molecule has 2 amide bonds. The van der Waals surface area contributed by atoms with Crippen LogP contribution in [-0.4, -0.2) is 51.3 Å². The van der Waals surface area contributed by atoms with Crippen LogP contribution in [0.3, 0.4) is 0 Å². The van der Waals surface area contributed by atoms with Crippen molar-refractivity contribution in [1.82, 2.24) is 14.9 Å². The van der Waals surface area contributed by atoms with Crippen LogP contribution in [0.4, 0.5) is 0 Å². The van der Waals surface area contributed by atoms with Crippen LogP contribution in [0.15, 0.2) is 29.2 Å². The molecular weight excluding hydrogens is 366 g/mol. The maximum atomic E-state index is 12.9. The molecule has 0 spiro atoms. The van der Waals surface area contributed by atoms with Crippen molar-refractivity contribution >= 4 is 21.8 Å². The van der Waals surface area contributed by atoms with E-state index in [1.165, 1.54) is 12.1 Å². The Morgan fingerprint density at radius 3 is 2.70 bits per heavy atom. The standard InChI is InChI=1S/C19H27N3O4S/c1-2-20-18(23)16-6-4-10-22(13-16)19(24)15-5-3-7-17(11-15)27(25,26)21-12-14-8-9-14/h3,5,7,11,14,16,21H,2,4,6,8-10,12-13H2,1H3,(H,20,23). The first-order valence-corrected chi connectivity index (χ1v) is 11.1. The SMILES string of the molecule is CCNC(=O)C1CCCN(C(=O)c2cccc(S(=O)(=O)NCC3CC3)c2)C1. The topological polar surface area (TPSA) is 95.6 Å². The smallest absolute Gasteiger partial charge is 0.253 e. The average molecular weight is 394 g/mol. The van der Waals surface area contributed by atoms with Crippen LogP contribution in [0, 0.1) is 11.8 Å². The zero-order valence-electron chi connectivity index (χ0n) is 15.6. The molecule has 7 nitrogen and oxygen atoms in total. The summed E-state index contributed by atoms with van der Waals surface area (Å²) in [7, 11) is -3.62. The van der Waals surface area contributed by atoms with Gasteiger partial charge in [0, 0.05) is 31.7 Å². The van der Waals surface area contributed by atoms with Gasteiger partial charge in [0.2, 0.25) is 15.9 Å². The van der Waals surface area contributed by atoms with Gasteiger partial charge in [-0.3, -0.25) is 9.59 Å². The predicted octanol–water partition coefficient (Wildman–Crippen LogP) is 1.36. The van der Waals surface area contributed by atoms with Gasteiger partial charge in [-0.15, -0.1) is 0 Å². The summed E-state index contributed by atoms with van der Waals surface area (Å²) in [5.74, 6) is -0.0437. The fraction of sp³-hybridized carbons (Fsp3) is 0.579. The lowest BCUT2D eigenvalue weighted by Gasteiger charge is -2.32. The second-order valence-corrected chi connectivity index (χ2v) is 9.07. The lowest BCUT2D eigenvalue weighted by Crippen LogP contribution is -2.45. The number of hydrogen-bond donors (Lipinski definition) is 2. The quantitative estimate of drug-likeness (QED) is 0.731. The summed E-state index contributed by atoms with van der Waals surface area (Å²) < 4.78 is 27.5. The van der Waals surface area contributed by atoms with Gasteiger partial charge in [0.1, 0.15) is 0 Å². The Bertz CT molecular complexity index is 805. The number of nitrogens with one attached hydrogen (secondary N) is 2. The van der Waals surface area contributed by atoms with Crippen LogP contribution in [-0.2, 0) is 14.8 Å². The molecule has 1 aliphatic carbocycles. The minimum Gasteiger partial charge on any atom is -0.356 e. The third-order valence-corrected chi connectivity index (χ3v) is 6.50. The van der Waals surface area contributed by atoms with E-state index in [0.717, 1.165) is 25.7 Å².